The number of fused-ring (bicyclic) bond motifs is 2. The minimum atomic E-state index is -4.96. The van der Waals surface area contributed by atoms with Crippen LogP contribution in [0.2, 0.25) is 0 Å². The fraction of sp³-hybridized carbons (Fsp3) is 0.0588. The van der Waals surface area contributed by atoms with Crippen LogP contribution in [0.25, 0.3) is 23.3 Å². The molecule has 0 atom stereocenters. The van der Waals surface area contributed by atoms with Crippen LogP contribution in [0, 0.1) is 13.8 Å². The van der Waals surface area contributed by atoms with Gasteiger partial charge in [0.2, 0.25) is 11.6 Å². The summed E-state index contributed by atoms with van der Waals surface area (Å²) >= 11 is 0. The van der Waals surface area contributed by atoms with Crippen molar-refractivity contribution in [2.75, 3.05) is 10.9 Å². The summed E-state index contributed by atoms with van der Waals surface area (Å²) in [4.78, 5) is 24.3. The maximum absolute atomic E-state index is 13.2. The molecule has 2 aliphatic rings. The molecule has 0 unspecified atom stereocenters. The number of allylic oxidation sites excluding steroid dienone is 2. The van der Waals surface area contributed by atoms with E-state index in [2.05, 4.69) is 21.1 Å². The smallest absolute Gasteiger partial charge is 0.287 e. The number of anilines is 2. The Kier molecular flexibility index (Phi) is 8.26. The molecule has 14 heteroatoms. The van der Waals surface area contributed by atoms with Crippen LogP contribution in [0.1, 0.15) is 38.2 Å². The van der Waals surface area contributed by atoms with Crippen molar-refractivity contribution in [2.24, 2.45) is 10.2 Å². The molecule has 0 saturated carbocycles. The van der Waals surface area contributed by atoms with E-state index in [4.69, 9.17) is 0 Å². The van der Waals surface area contributed by atoms with Gasteiger partial charge >= 0.3 is 0 Å². The molecule has 0 heterocycles. The second kappa shape index (κ2) is 12.2. The van der Waals surface area contributed by atoms with Crippen LogP contribution < -0.4 is 10.9 Å². The summed E-state index contributed by atoms with van der Waals surface area (Å²) in [5, 5.41) is 8.39. The molecule has 0 fully saturated rings. The molecule has 0 spiro atoms. The molecule has 0 bridgehead atoms. The maximum Gasteiger partial charge on any atom is 0.296 e. The van der Waals surface area contributed by atoms with Gasteiger partial charge in [-0.1, -0.05) is 42.5 Å². The number of hydrogen-bond acceptors (Lipinski definition) is 10. The second-order valence-corrected chi connectivity index (χ2v) is 13.8. The number of aryl methyl sites for hydroxylation is 2. The molecule has 0 aliphatic heterocycles. The zero-order chi connectivity index (χ0) is 34.4. The van der Waals surface area contributed by atoms with Gasteiger partial charge in [0.1, 0.15) is 10.6 Å². The van der Waals surface area contributed by atoms with Gasteiger partial charge in [0.05, 0.1) is 16.3 Å². The van der Waals surface area contributed by atoms with Crippen LogP contribution in [0.3, 0.4) is 0 Å². The molecule has 2 aliphatic carbocycles. The Morgan fingerprint density at radius 2 is 1.19 bits per heavy atom. The van der Waals surface area contributed by atoms with E-state index in [0.29, 0.717) is 17.1 Å². The lowest BCUT2D eigenvalue weighted by atomic mass is 9.95. The molecule has 4 N–H and O–H groups in total. The first-order chi connectivity index (χ1) is 22.7. The molecule has 4 aromatic carbocycles. The molecule has 4 aromatic rings. The summed E-state index contributed by atoms with van der Waals surface area (Å²) in [7, 11) is -9.60. The lowest BCUT2D eigenvalue weighted by Crippen LogP contribution is -2.27. The quantitative estimate of drug-likeness (QED) is 0.143. The molecular weight excluding hydrogens is 657 g/mol. The molecule has 0 saturated heterocycles. The monoisotopic (exact) mass is 682 g/mol. The number of ketones is 2. The van der Waals surface area contributed by atoms with Gasteiger partial charge in [-0.3, -0.25) is 29.5 Å². The third kappa shape index (κ3) is 6.37. The van der Waals surface area contributed by atoms with E-state index in [-0.39, 0.29) is 16.9 Å². The van der Waals surface area contributed by atoms with Gasteiger partial charge in [-0.25, -0.2) is 0 Å². The first kappa shape index (κ1) is 32.4. The fourth-order valence-electron chi connectivity index (χ4n) is 5.44. The van der Waals surface area contributed by atoms with Crippen molar-refractivity contribution < 1.29 is 35.5 Å². The number of benzene rings is 4. The largest absolute Gasteiger partial charge is 0.296 e. The number of Topliss-reactive ketones (excluding diaryl/α,β-unsaturated/α-hetero) is 1. The maximum atomic E-state index is 13.2. The van der Waals surface area contributed by atoms with Crippen molar-refractivity contribution in [3.05, 3.63) is 123 Å². The van der Waals surface area contributed by atoms with Gasteiger partial charge in [-0.2, -0.15) is 27.0 Å². The van der Waals surface area contributed by atoms with Crippen LogP contribution in [-0.2, 0) is 25.0 Å². The highest BCUT2D eigenvalue weighted by Gasteiger charge is 2.33. The van der Waals surface area contributed by atoms with Gasteiger partial charge in [-0.05, 0) is 102 Å². The predicted octanol–water partition coefficient (Wildman–Crippen LogP) is 5.52. The second-order valence-electron chi connectivity index (χ2n) is 11.0. The lowest BCUT2D eigenvalue weighted by Gasteiger charge is -2.17. The standard InChI is InChI=1S/C34H26N4O8S2/c1-19-15-23(35-37-32-28-6-4-3-5-21(28)7-14-30(32)39)8-11-26(19)27-12-9-24(16-20(27)2)36-38-33-31(48(44,45)46)18-22-17-25(47(41,42)43)10-13-29(22)34(33)40/h3-18,35-36H,1-2H3,(H,41,42,43)(H,44,45,46). The third-order valence-electron chi connectivity index (χ3n) is 7.78. The Hall–Kier alpha value is -5.54. The van der Waals surface area contributed by atoms with Gasteiger partial charge in [0.25, 0.3) is 20.2 Å². The van der Waals surface area contributed by atoms with E-state index in [9.17, 15) is 35.5 Å². The Balaban J connectivity index is 1.24. The van der Waals surface area contributed by atoms with Crippen molar-refractivity contribution in [3.63, 3.8) is 0 Å². The molecule has 242 valence electrons. The summed E-state index contributed by atoms with van der Waals surface area (Å²) in [6.45, 7) is 3.80. The van der Waals surface area contributed by atoms with Gasteiger partial charge < -0.3 is 0 Å². The van der Waals surface area contributed by atoms with Crippen molar-refractivity contribution in [2.45, 2.75) is 18.7 Å². The molecule has 0 radical (unpaired) electrons. The minimum absolute atomic E-state index is 0.0753. The SMILES string of the molecule is Cc1cc(NN=C2C(=O)c3ccc(S(=O)(=O)O)cc3C=C2S(=O)(=O)O)ccc1-c1ccc(NN=C2C(=O)C=Cc3ccccc32)cc1C. The Labute approximate surface area is 275 Å². The first-order valence-electron chi connectivity index (χ1n) is 14.3. The van der Waals surface area contributed by atoms with Gasteiger partial charge in [0, 0.05) is 11.1 Å². The van der Waals surface area contributed by atoms with E-state index in [1.54, 1.807) is 18.2 Å². The van der Waals surface area contributed by atoms with E-state index in [1.807, 2.05) is 62.4 Å². The molecular formula is C34H26N4O8S2. The highest BCUT2D eigenvalue weighted by Crippen LogP contribution is 2.32. The van der Waals surface area contributed by atoms with Crippen LogP contribution in [0.5, 0.6) is 0 Å². The summed E-state index contributed by atoms with van der Waals surface area (Å²) in [5.41, 5.74) is 11.5. The number of nitrogens with zero attached hydrogens (tertiary/aromatic N) is 2. The fourth-order valence-corrected chi connectivity index (χ4v) is 6.62. The average molecular weight is 683 g/mol. The van der Waals surface area contributed by atoms with Crippen LogP contribution >= 0.6 is 0 Å². The third-order valence-corrected chi connectivity index (χ3v) is 9.50. The molecule has 12 nitrogen and oxygen atoms in total. The molecule has 48 heavy (non-hydrogen) atoms. The first-order valence-corrected chi connectivity index (χ1v) is 17.2. The van der Waals surface area contributed by atoms with E-state index in [0.717, 1.165) is 57.7 Å². The summed E-state index contributed by atoms with van der Waals surface area (Å²) in [6.07, 6.45) is 4.16. The molecule has 6 rings (SSSR count). The Morgan fingerprint density at radius 1 is 0.604 bits per heavy atom. The van der Waals surface area contributed by atoms with Crippen LogP contribution in [-0.4, -0.2) is 48.9 Å². The Bertz CT molecular complexity index is 2410. The number of carbonyl (C=O) groups is 2. The van der Waals surface area contributed by atoms with Crippen molar-refractivity contribution in [1.29, 1.82) is 0 Å². The van der Waals surface area contributed by atoms with Crippen LogP contribution in [0.4, 0.5) is 11.4 Å². The zero-order valence-corrected chi connectivity index (χ0v) is 26.9. The topological polar surface area (TPSA) is 192 Å². The summed E-state index contributed by atoms with van der Waals surface area (Å²) < 4.78 is 66.6. The minimum Gasteiger partial charge on any atom is -0.287 e. The average Bonchev–Trinajstić information content (AvgIpc) is 3.03. The number of nitrogens with one attached hydrogen (secondary N) is 2. The van der Waals surface area contributed by atoms with Crippen molar-refractivity contribution in [1.82, 2.24) is 0 Å². The van der Waals surface area contributed by atoms with Crippen molar-refractivity contribution >= 4 is 66.8 Å². The zero-order valence-electron chi connectivity index (χ0n) is 25.3. The highest BCUT2D eigenvalue weighted by atomic mass is 32.2. The Morgan fingerprint density at radius 3 is 1.77 bits per heavy atom. The predicted molar refractivity (Wildman–Crippen MR) is 183 cm³/mol. The number of hydrogen-bond donors (Lipinski definition) is 4. The lowest BCUT2D eigenvalue weighted by molar-refractivity contribution is -0.108. The summed E-state index contributed by atoms with van der Waals surface area (Å²) in [5.74, 6) is -1.08. The van der Waals surface area contributed by atoms with E-state index >= 15 is 0 Å². The molecule has 0 aromatic heterocycles. The van der Waals surface area contributed by atoms with Crippen molar-refractivity contribution in [3.8, 4) is 11.1 Å². The number of carbonyl (C=O) groups excluding carboxylic acids is 2. The highest BCUT2D eigenvalue weighted by molar-refractivity contribution is 7.91. The normalized spacial score (nSPS) is 16.0. The summed E-state index contributed by atoms with van der Waals surface area (Å²) in [6, 6.07) is 21.5. The number of hydrazone groups is 2. The van der Waals surface area contributed by atoms with E-state index < -0.39 is 41.5 Å². The van der Waals surface area contributed by atoms with E-state index in [1.165, 1.54) is 6.08 Å². The van der Waals surface area contributed by atoms with Gasteiger partial charge in [-0.15, -0.1) is 0 Å². The van der Waals surface area contributed by atoms with Crippen LogP contribution in [0.15, 0.2) is 105 Å². The number of rotatable bonds is 7. The molecule has 0 amide bonds. The van der Waals surface area contributed by atoms with Gasteiger partial charge in [0.15, 0.2) is 5.71 Å².